The predicted molar refractivity (Wildman–Crippen MR) is 70.0 cm³/mol. The number of hydrogen-bond donors (Lipinski definition) is 1. The molecule has 20 heavy (non-hydrogen) atoms. The van der Waals surface area contributed by atoms with Crippen LogP contribution < -0.4 is 5.32 Å². The van der Waals surface area contributed by atoms with Crippen LogP contribution in [-0.2, 0) is 0 Å². The van der Waals surface area contributed by atoms with Gasteiger partial charge in [0.15, 0.2) is 0 Å². The number of hydrogen-bond acceptors (Lipinski definition) is 3. The highest BCUT2D eigenvalue weighted by Gasteiger charge is 2.45. The molecule has 2 fully saturated rings. The van der Waals surface area contributed by atoms with E-state index in [0.717, 1.165) is 32.1 Å². The van der Waals surface area contributed by atoms with Crippen LogP contribution in [0.3, 0.4) is 0 Å². The lowest BCUT2D eigenvalue weighted by atomic mass is 9.85. The molecule has 114 valence electrons. The molecule has 1 N–H and O–H groups in total. The van der Waals surface area contributed by atoms with E-state index in [1.165, 1.54) is 11.9 Å². The molecular weight excluding hydrogens is 267 g/mol. The van der Waals surface area contributed by atoms with Gasteiger partial charge in [-0.1, -0.05) is 6.42 Å². The van der Waals surface area contributed by atoms with E-state index in [1.807, 2.05) is 0 Å². The highest BCUT2D eigenvalue weighted by molar-refractivity contribution is 5.16. The van der Waals surface area contributed by atoms with Crippen LogP contribution in [0, 0.1) is 17.2 Å². The van der Waals surface area contributed by atoms with E-state index in [4.69, 9.17) is 0 Å². The molecule has 0 aliphatic heterocycles. The molecule has 0 saturated heterocycles. The summed E-state index contributed by atoms with van der Waals surface area (Å²) in [5.41, 5.74) is -0.500. The van der Waals surface area contributed by atoms with Crippen molar-refractivity contribution in [3.8, 4) is 6.07 Å². The van der Waals surface area contributed by atoms with E-state index < -0.39 is 18.3 Å². The Hall–Kier alpha value is -0.800. The Morgan fingerprint density at radius 2 is 2.05 bits per heavy atom. The fourth-order valence-electron chi connectivity index (χ4n) is 3.19. The van der Waals surface area contributed by atoms with Gasteiger partial charge in [0, 0.05) is 6.04 Å². The molecule has 6 heteroatoms. The zero-order valence-electron chi connectivity index (χ0n) is 11.8. The lowest BCUT2D eigenvalue weighted by molar-refractivity contribution is -0.143. The van der Waals surface area contributed by atoms with E-state index in [2.05, 4.69) is 11.4 Å². The van der Waals surface area contributed by atoms with Crippen molar-refractivity contribution in [1.29, 1.82) is 5.26 Å². The molecule has 2 rings (SSSR count). The van der Waals surface area contributed by atoms with Crippen LogP contribution in [0.2, 0.25) is 0 Å². The Bertz CT molecular complexity index is 373. The van der Waals surface area contributed by atoms with Gasteiger partial charge in [0.2, 0.25) is 0 Å². The monoisotopic (exact) mass is 289 g/mol. The van der Waals surface area contributed by atoms with Crippen molar-refractivity contribution >= 4 is 0 Å². The highest BCUT2D eigenvalue weighted by atomic mass is 19.4. The molecule has 0 aromatic carbocycles. The first-order chi connectivity index (χ1) is 9.35. The van der Waals surface area contributed by atoms with Crippen LogP contribution in [-0.4, -0.2) is 42.8 Å². The average molecular weight is 289 g/mol. The second-order valence-corrected chi connectivity index (χ2v) is 6.23. The van der Waals surface area contributed by atoms with Crippen LogP contribution in [0.5, 0.6) is 0 Å². The number of nitrogens with one attached hydrogen (secondary N) is 1. The molecule has 0 radical (unpaired) electrons. The third kappa shape index (κ3) is 4.10. The minimum atomic E-state index is -4.15. The summed E-state index contributed by atoms with van der Waals surface area (Å²) in [6.07, 6.45) is 1.48. The number of halogens is 3. The van der Waals surface area contributed by atoms with Gasteiger partial charge in [0.05, 0.1) is 12.6 Å². The Morgan fingerprint density at radius 1 is 1.35 bits per heavy atom. The van der Waals surface area contributed by atoms with Crippen molar-refractivity contribution in [1.82, 2.24) is 10.2 Å². The molecule has 0 heterocycles. The third-order valence-corrected chi connectivity index (χ3v) is 4.37. The fourth-order valence-corrected chi connectivity index (χ4v) is 3.19. The first kappa shape index (κ1) is 15.6. The van der Waals surface area contributed by atoms with E-state index in [0.29, 0.717) is 19.0 Å². The smallest absolute Gasteiger partial charge is 0.298 e. The summed E-state index contributed by atoms with van der Waals surface area (Å²) in [5, 5.41) is 12.9. The molecule has 2 atom stereocenters. The van der Waals surface area contributed by atoms with Crippen molar-refractivity contribution in [2.45, 2.75) is 56.3 Å². The van der Waals surface area contributed by atoms with Gasteiger partial charge in [-0.05, 0) is 51.6 Å². The van der Waals surface area contributed by atoms with E-state index >= 15 is 0 Å². The summed E-state index contributed by atoms with van der Waals surface area (Å²) in [7, 11) is 1.49. The van der Waals surface area contributed by atoms with E-state index in [9.17, 15) is 18.4 Å². The first-order valence-corrected chi connectivity index (χ1v) is 7.29. The lowest BCUT2D eigenvalue weighted by Crippen LogP contribution is -2.49. The number of rotatable bonds is 6. The minimum Gasteiger partial charge on any atom is -0.298 e. The van der Waals surface area contributed by atoms with Crippen LogP contribution in [0.4, 0.5) is 13.2 Å². The van der Waals surface area contributed by atoms with E-state index in [-0.39, 0.29) is 5.92 Å². The van der Waals surface area contributed by atoms with Gasteiger partial charge in [-0.15, -0.1) is 0 Å². The number of alkyl halides is 3. The summed E-state index contributed by atoms with van der Waals surface area (Å²) in [4.78, 5) is 1.30. The maximum absolute atomic E-state index is 12.3. The molecule has 2 aliphatic rings. The third-order valence-electron chi connectivity index (χ3n) is 4.37. The van der Waals surface area contributed by atoms with Crippen LogP contribution in [0.1, 0.15) is 38.5 Å². The Balaban J connectivity index is 1.86. The maximum Gasteiger partial charge on any atom is 0.401 e. The highest BCUT2D eigenvalue weighted by Crippen LogP contribution is 2.40. The van der Waals surface area contributed by atoms with Gasteiger partial charge in [0.1, 0.15) is 5.54 Å². The van der Waals surface area contributed by atoms with Gasteiger partial charge in [-0.3, -0.25) is 10.2 Å². The molecule has 2 aliphatic carbocycles. The van der Waals surface area contributed by atoms with Crippen molar-refractivity contribution in [3.63, 3.8) is 0 Å². The molecule has 2 saturated carbocycles. The maximum atomic E-state index is 12.3. The molecule has 0 amide bonds. The molecule has 3 nitrogen and oxygen atoms in total. The second kappa shape index (κ2) is 5.90. The van der Waals surface area contributed by atoms with Crippen molar-refractivity contribution in [2.24, 2.45) is 5.92 Å². The average Bonchev–Trinajstić information content (AvgIpc) is 3.04. The Labute approximate surface area is 118 Å². The van der Waals surface area contributed by atoms with Gasteiger partial charge in [-0.25, -0.2) is 0 Å². The SMILES string of the molecule is CN(CCC1CCCC1(C#N)NC1CC1)CC(F)(F)F. The summed E-state index contributed by atoms with van der Waals surface area (Å²) in [6.45, 7) is -0.491. The molecule has 0 aromatic heterocycles. The largest absolute Gasteiger partial charge is 0.401 e. The second-order valence-electron chi connectivity index (χ2n) is 6.23. The molecule has 0 bridgehead atoms. The minimum absolute atomic E-state index is 0.170. The Kier molecular flexibility index (Phi) is 4.60. The quantitative estimate of drug-likeness (QED) is 0.817. The van der Waals surface area contributed by atoms with Gasteiger partial charge < -0.3 is 0 Å². The number of nitrogens with zero attached hydrogens (tertiary/aromatic N) is 2. The summed E-state index contributed by atoms with van der Waals surface area (Å²) < 4.78 is 36.9. The van der Waals surface area contributed by atoms with Crippen LogP contribution in [0.15, 0.2) is 0 Å². The summed E-state index contributed by atoms with van der Waals surface area (Å²) in [6, 6.07) is 2.87. The summed E-state index contributed by atoms with van der Waals surface area (Å²) in [5.74, 6) is 0.170. The van der Waals surface area contributed by atoms with Gasteiger partial charge in [0.25, 0.3) is 0 Å². The molecule has 0 spiro atoms. The van der Waals surface area contributed by atoms with Crippen molar-refractivity contribution in [3.05, 3.63) is 0 Å². The van der Waals surface area contributed by atoms with Crippen LogP contribution in [0.25, 0.3) is 0 Å². The lowest BCUT2D eigenvalue weighted by Gasteiger charge is -2.31. The molecular formula is C14H22F3N3. The van der Waals surface area contributed by atoms with E-state index in [1.54, 1.807) is 0 Å². The summed E-state index contributed by atoms with van der Waals surface area (Å²) >= 11 is 0. The fraction of sp³-hybridized carbons (Fsp3) is 0.929. The van der Waals surface area contributed by atoms with Crippen LogP contribution >= 0.6 is 0 Å². The van der Waals surface area contributed by atoms with Gasteiger partial charge in [-0.2, -0.15) is 18.4 Å². The Morgan fingerprint density at radius 3 is 2.60 bits per heavy atom. The zero-order valence-corrected chi connectivity index (χ0v) is 11.8. The normalized spacial score (nSPS) is 30.7. The number of nitriles is 1. The van der Waals surface area contributed by atoms with Gasteiger partial charge >= 0.3 is 6.18 Å². The standard InChI is InChI=1S/C14H22F3N3/c1-20(10-14(15,16)17)8-6-11-3-2-7-13(11,9-18)19-12-4-5-12/h11-12,19H,2-8,10H2,1H3. The van der Waals surface area contributed by atoms with Crippen molar-refractivity contribution in [2.75, 3.05) is 20.1 Å². The van der Waals surface area contributed by atoms with Crippen molar-refractivity contribution < 1.29 is 13.2 Å². The molecule has 2 unspecified atom stereocenters. The predicted octanol–water partition coefficient (Wildman–Crippen LogP) is 2.69. The molecule has 0 aromatic rings. The first-order valence-electron chi connectivity index (χ1n) is 7.29. The zero-order chi connectivity index (χ0) is 14.8. The topological polar surface area (TPSA) is 39.1 Å².